The molecule has 28 heavy (non-hydrogen) atoms. The van der Waals surface area contributed by atoms with Crippen molar-refractivity contribution < 1.29 is 13.6 Å². The average molecular weight is 387 g/mol. The molecule has 4 nitrogen and oxygen atoms in total. The zero-order valence-electron chi connectivity index (χ0n) is 16.4. The highest BCUT2D eigenvalue weighted by Gasteiger charge is 2.25. The molecular weight excluding hydrogens is 360 g/mol. The van der Waals surface area contributed by atoms with E-state index in [0.717, 1.165) is 44.6 Å². The van der Waals surface area contributed by atoms with E-state index in [4.69, 9.17) is 0 Å². The third-order valence-corrected chi connectivity index (χ3v) is 5.41. The topological polar surface area (TPSA) is 35.6 Å². The molecule has 2 aromatic rings. The smallest absolute Gasteiger partial charge is 0.317 e. The molecule has 2 unspecified atom stereocenters. The Morgan fingerprint density at radius 3 is 2.68 bits per heavy atom. The quantitative estimate of drug-likeness (QED) is 0.829. The van der Waals surface area contributed by atoms with Gasteiger partial charge < -0.3 is 10.2 Å². The molecule has 1 saturated heterocycles. The molecule has 3 rings (SSSR count). The molecule has 6 heteroatoms. The van der Waals surface area contributed by atoms with Crippen molar-refractivity contribution in [3.63, 3.8) is 0 Å². The van der Waals surface area contributed by atoms with E-state index in [9.17, 15) is 13.6 Å². The van der Waals surface area contributed by atoms with Gasteiger partial charge in [-0.3, -0.25) is 4.90 Å². The monoisotopic (exact) mass is 387 g/mol. The molecule has 0 aliphatic carbocycles. The normalized spacial score (nSPS) is 18.5. The number of likely N-dealkylation sites (tertiary alicyclic amines) is 1. The standard InChI is InChI=1S/C22H27F2N3O/c1-16(18-10-11-20(23)21(24)13-18)26(2)22(28)25-19-9-6-12-27(15-19)14-17-7-4-3-5-8-17/h3-5,7-8,10-11,13,16,19H,6,9,12,14-15H2,1-2H3,(H,25,28). The molecule has 2 aromatic carbocycles. The summed E-state index contributed by atoms with van der Waals surface area (Å²) in [6.45, 7) is 4.49. The fourth-order valence-corrected chi connectivity index (χ4v) is 3.61. The summed E-state index contributed by atoms with van der Waals surface area (Å²) < 4.78 is 26.7. The molecular formula is C22H27F2N3O. The zero-order chi connectivity index (χ0) is 20.1. The second kappa shape index (κ2) is 9.15. The van der Waals surface area contributed by atoms with Gasteiger partial charge in [0.1, 0.15) is 0 Å². The first kappa shape index (κ1) is 20.3. The Balaban J connectivity index is 1.56. The van der Waals surface area contributed by atoms with Crippen molar-refractivity contribution in [2.75, 3.05) is 20.1 Å². The molecule has 0 bridgehead atoms. The van der Waals surface area contributed by atoms with Crippen LogP contribution in [0, 0.1) is 11.6 Å². The average Bonchev–Trinajstić information content (AvgIpc) is 2.70. The van der Waals surface area contributed by atoms with E-state index in [-0.39, 0.29) is 18.1 Å². The molecule has 2 atom stereocenters. The van der Waals surface area contributed by atoms with Crippen LogP contribution in [0.4, 0.5) is 13.6 Å². The number of carbonyl (C=O) groups is 1. The van der Waals surface area contributed by atoms with Crippen LogP contribution in [0.2, 0.25) is 0 Å². The summed E-state index contributed by atoms with van der Waals surface area (Å²) in [6, 6.07) is 13.6. The number of carbonyl (C=O) groups excluding carboxylic acids is 1. The number of hydrogen-bond donors (Lipinski definition) is 1. The maximum absolute atomic E-state index is 13.5. The molecule has 0 saturated carbocycles. The molecule has 0 spiro atoms. The van der Waals surface area contributed by atoms with Crippen LogP contribution in [0.3, 0.4) is 0 Å². The molecule has 1 aliphatic heterocycles. The highest BCUT2D eigenvalue weighted by molar-refractivity contribution is 5.74. The summed E-state index contributed by atoms with van der Waals surface area (Å²) >= 11 is 0. The summed E-state index contributed by atoms with van der Waals surface area (Å²) in [4.78, 5) is 16.6. The van der Waals surface area contributed by atoms with Crippen LogP contribution in [0.5, 0.6) is 0 Å². The van der Waals surface area contributed by atoms with E-state index in [0.29, 0.717) is 5.56 Å². The van der Waals surface area contributed by atoms with Crippen LogP contribution in [0.1, 0.15) is 36.9 Å². The predicted molar refractivity (Wildman–Crippen MR) is 106 cm³/mol. The molecule has 1 aliphatic rings. The first-order valence-electron chi connectivity index (χ1n) is 9.68. The van der Waals surface area contributed by atoms with E-state index >= 15 is 0 Å². The third kappa shape index (κ3) is 5.07. The summed E-state index contributed by atoms with van der Waals surface area (Å²) in [7, 11) is 1.67. The Labute approximate surface area is 165 Å². The fourth-order valence-electron chi connectivity index (χ4n) is 3.61. The minimum Gasteiger partial charge on any atom is -0.334 e. The lowest BCUT2D eigenvalue weighted by atomic mass is 10.0. The lowest BCUT2D eigenvalue weighted by Gasteiger charge is -2.35. The number of piperidine rings is 1. The first-order chi connectivity index (χ1) is 13.4. The minimum atomic E-state index is -0.901. The maximum Gasteiger partial charge on any atom is 0.317 e. The van der Waals surface area contributed by atoms with E-state index in [1.54, 1.807) is 14.0 Å². The predicted octanol–water partition coefficient (Wildman–Crippen LogP) is 4.33. The minimum absolute atomic E-state index is 0.0737. The van der Waals surface area contributed by atoms with Crippen LogP contribution < -0.4 is 5.32 Å². The van der Waals surface area contributed by atoms with Gasteiger partial charge in [0.05, 0.1) is 6.04 Å². The molecule has 0 aromatic heterocycles. The van der Waals surface area contributed by atoms with Gasteiger partial charge in [-0.15, -0.1) is 0 Å². The SMILES string of the molecule is CC(c1ccc(F)c(F)c1)N(C)C(=O)NC1CCCN(Cc2ccccc2)C1. The number of amides is 2. The maximum atomic E-state index is 13.5. The first-order valence-corrected chi connectivity index (χ1v) is 9.68. The second-order valence-corrected chi connectivity index (χ2v) is 7.47. The zero-order valence-corrected chi connectivity index (χ0v) is 16.4. The van der Waals surface area contributed by atoms with Crippen LogP contribution in [-0.2, 0) is 6.54 Å². The van der Waals surface area contributed by atoms with Crippen molar-refractivity contribution in [3.8, 4) is 0 Å². The lowest BCUT2D eigenvalue weighted by Crippen LogP contribution is -2.50. The van der Waals surface area contributed by atoms with Crippen molar-refractivity contribution in [2.24, 2.45) is 0 Å². The van der Waals surface area contributed by atoms with Gasteiger partial charge in [-0.25, -0.2) is 13.6 Å². The van der Waals surface area contributed by atoms with E-state index in [1.165, 1.54) is 16.5 Å². The molecule has 150 valence electrons. The summed E-state index contributed by atoms with van der Waals surface area (Å²) in [6.07, 6.45) is 1.96. The highest BCUT2D eigenvalue weighted by atomic mass is 19.2. The van der Waals surface area contributed by atoms with Crippen LogP contribution >= 0.6 is 0 Å². The summed E-state index contributed by atoms with van der Waals surface area (Å²) in [5, 5.41) is 3.09. The van der Waals surface area contributed by atoms with Gasteiger partial charge in [-0.1, -0.05) is 36.4 Å². The van der Waals surface area contributed by atoms with Gasteiger partial charge in [0.15, 0.2) is 11.6 Å². The number of halogens is 2. The Kier molecular flexibility index (Phi) is 6.62. The van der Waals surface area contributed by atoms with E-state index in [1.807, 2.05) is 18.2 Å². The van der Waals surface area contributed by atoms with Crippen molar-refractivity contribution in [1.29, 1.82) is 0 Å². The van der Waals surface area contributed by atoms with Gasteiger partial charge in [0.25, 0.3) is 0 Å². The van der Waals surface area contributed by atoms with Crippen molar-refractivity contribution in [1.82, 2.24) is 15.1 Å². The number of benzene rings is 2. The Morgan fingerprint density at radius 2 is 1.96 bits per heavy atom. The third-order valence-electron chi connectivity index (χ3n) is 5.41. The number of urea groups is 1. The lowest BCUT2D eigenvalue weighted by molar-refractivity contribution is 0.161. The Morgan fingerprint density at radius 1 is 1.21 bits per heavy atom. The number of hydrogen-bond acceptors (Lipinski definition) is 2. The fraction of sp³-hybridized carbons (Fsp3) is 0.409. The van der Waals surface area contributed by atoms with Crippen molar-refractivity contribution in [2.45, 2.75) is 38.4 Å². The summed E-state index contributed by atoms with van der Waals surface area (Å²) in [5.74, 6) is -1.79. The highest BCUT2D eigenvalue weighted by Crippen LogP contribution is 2.21. The van der Waals surface area contributed by atoms with E-state index < -0.39 is 11.6 Å². The van der Waals surface area contributed by atoms with Gasteiger partial charge in [-0.2, -0.15) is 0 Å². The Bertz CT molecular complexity index is 800. The Hall–Kier alpha value is -2.47. The van der Waals surface area contributed by atoms with Crippen LogP contribution in [0.25, 0.3) is 0 Å². The number of nitrogens with one attached hydrogen (secondary N) is 1. The molecule has 1 heterocycles. The van der Waals surface area contributed by atoms with Crippen molar-refractivity contribution in [3.05, 3.63) is 71.3 Å². The van der Waals surface area contributed by atoms with Crippen molar-refractivity contribution >= 4 is 6.03 Å². The van der Waals surface area contributed by atoms with Gasteiger partial charge in [-0.05, 0) is 49.6 Å². The molecule has 2 amide bonds. The van der Waals surface area contributed by atoms with Gasteiger partial charge >= 0.3 is 6.03 Å². The largest absolute Gasteiger partial charge is 0.334 e. The summed E-state index contributed by atoms with van der Waals surface area (Å²) in [5.41, 5.74) is 1.82. The van der Waals surface area contributed by atoms with Gasteiger partial charge in [0, 0.05) is 26.2 Å². The van der Waals surface area contributed by atoms with Crippen LogP contribution in [-0.4, -0.2) is 42.0 Å². The molecule has 1 N–H and O–H groups in total. The number of rotatable bonds is 5. The second-order valence-electron chi connectivity index (χ2n) is 7.47. The van der Waals surface area contributed by atoms with Gasteiger partial charge in [0.2, 0.25) is 0 Å². The molecule has 1 fully saturated rings. The number of nitrogens with zero attached hydrogens (tertiary/aromatic N) is 2. The van der Waals surface area contributed by atoms with Crippen LogP contribution in [0.15, 0.2) is 48.5 Å². The van der Waals surface area contributed by atoms with E-state index in [2.05, 4.69) is 22.3 Å². The molecule has 0 radical (unpaired) electrons.